The van der Waals surface area contributed by atoms with Gasteiger partial charge in [-0.1, -0.05) is 23.9 Å². The Kier molecular flexibility index (Phi) is 4.46. The van der Waals surface area contributed by atoms with E-state index in [1.807, 2.05) is 0 Å². The van der Waals surface area contributed by atoms with Crippen LogP contribution in [0.25, 0.3) is 17.4 Å². The number of Topliss-reactive ketones (excluding diaryl/α,β-unsaturated/α-hetero) is 1. The van der Waals surface area contributed by atoms with Crippen molar-refractivity contribution in [2.24, 2.45) is 0 Å². The summed E-state index contributed by atoms with van der Waals surface area (Å²) in [6, 6.07) is 9.53. The third-order valence-corrected chi connectivity index (χ3v) is 5.76. The molecule has 3 aromatic rings. The number of nitrogens with one attached hydrogen (secondary N) is 1. The second kappa shape index (κ2) is 6.93. The fourth-order valence-electron chi connectivity index (χ4n) is 2.68. The molecule has 1 aliphatic rings. The molecule has 3 heterocycles. The smallest absolute Gasteiger partial charge is 0.270 e. The first kappa shape index (κ1) is 17.4. The summed E-state index contributed by atoms with van der Waals surface area (Å²) in [5.74, 6) is 0.0909. The van der Waals surface area contributed by atoms with Crippen molar-refractivity contribution in [1.29, 1.82) is 5.41 Å². The highest BCUT2D eigenvalue weighted by Gasteiger charge is 2.38. The third-order valence-electron chi connectivity index (χ3n) is 3.93. The Hall–Kier alpha value is -3.04. The van der Waals surface area contributed by atoms with Crippen molar-refractivity contribution >= 4 is 45.7 Å². The molecule has 0 bridgehead atoms. The molecule has 9 heteroatoms. The summed E-state index contributed by atoms with van der Waals surface area (Å²) in [5.41, 5.74) is 0.553. The van der Waals surface area contributed by atoms with Crippen LogP contribution in [-0.2, 0) is 4.79 Å². The van der Waals surface area contributed by atoms with Crippen LogP contribution in [0.4, 0.5) is 5.69 Å². The van der Waals surface area contributed by atoms with Crippen LogP contribution >= 0.6 is 23.1 Å². The van der Waals surface area contributed by atoms with Crippen LogP contribution in [0.2, 0.25) is 0 Å². The number of ketones is 1. The molecule has 4 rings (SSSR count). The van der Waals surface area contributed by atoms with Crippen molar-refractivity contribution in [3.05, 3.63) is 73.8 Å². The average molecular weight is 397 g/mol. The lowest BCUT2D eigenvalue weighted by Crippen LogP contribution is -2.11. The average Bonchev–Trinajstić information content (AvgIpc) is 3.38. The number of nitro benzene ring substituents is 1. The number of hydrogen-bond donors (Lipinski definition) is 1. The van der Waals surface area contributed by atoms with Gasteiger partial charge in [0.1, 0.15) is 22.4 Å². The molecule has 1 aromatic carbocycles. The maximum Gasteiger partial charge on any atom is 0.270 e. The molecule has 1 atom stereocenters. The van der Waals surface area contributed by atoms with Gasteiger partial charge >= 0.3 is 0 Å². The van der Waals surface area contributed by atoms with Crippen molar-refractivity contribution < 1.29 is 14.1 Å². The zero-order valence-electron chi connectivity index (χ0n) is 13.6. The van der Waals surface area contributed by atoms with Crippen LogP contribution in [0.3, 0.4) is 0 Å². The number of nitro groups is 1. The zero-order valence-corrected chi connectivity index (χ0v) is 15.3. The first-order valence-corrected chi connectivity index (χ1v) is 9.49. The fraction of sp³-hybridized carbons (Fsp3) is 0.0556. The number of nitrogens with zero attached hydrogens (tertiary/aromatic N) is 2. The van der Waals surface area contributed by atoms with E-state index in [1.165, 1.54) is 23.5 Å². The SMILES string of the molecule is N=C1S/C(=C\c2ccc(-c3cccc([N+](=O)[O-])c3)o2)C(=O)[C@H]1c1nccs1. The van der Waals surface area contributed by atoms with E-state index in [4.69, 9.17) is 9.83 Å². The molecule has 0 radical (unpaired) electrons. The highest BCUT2D eigenvalue weighted by molar-refractivity contribution is 8.19. The van der Waals surface area contributed by atoms with E-state index in [0.29, 0.717) is 27.0 Å². The van der Waals surface area contributed by atoms with Crippen molar-refractivity contribution in [3.63, 3.8) is 0 Å². The van der Waals surface area contributed by atoms with E-state index >= 15 is 0 Å². The monoisotopic (exact) mass is 397 g/mol. The largest absolute Gasteiger partial charge is 0.457 e. The van der Waals surface area contributed by atoms with E-state index in [1.54, 1.807) is 41.9 Å². The lowest BCUT2D eigenvalue weighted by atomic mass is 10.1. The van der Waals surface area contributed by atoms with Crippen LogP contribution in [0.15, 0.2) is 57.3 Å². The number of furan rings is 1. The Morgan fingerprint density at radius 1 is 1.30 bits per heavy atom. The maximum atomic E-state index is 12.6. The minimum Gasteiger partial charge on any atom is -0.457 e. The van der Waals surface area contributed by atoms with E-state index in [2.05, 4.69) is 4.98 Å². The third kappa shape index (κ3) is 3.34. The summed E-state index contributed by atoms with van der Waals surface area (Å²) >= 11 is 2.45. The van der Waals surface area contributed by atoms with Gasteiger partial charge in [-0.25, -0.2) is 4.98 Å². The number of non-ortho nitro benzene ring substituents is 1. The quantitative estimate of drug-likeness (QED) is 0.387. The number of allylic oxidation sites excluding steroid dienone is 1. The predicted molar refractivity (Wildman–Crippen MR) is 104 cm³/mol. The number of carbonyl (C=O) groups excluding carboxylic acids is 1. The summed E-state index contributed by atoms with van der Waals surface area (Å²) in [4.78, 5) is 27.6. The minimum atomic E-state index is -0.646. The van der Waals surface area contributed by atoms with Crippen molar-refractivity contribution in [2.75, 3.05) is 0 Å². The number of rotatable bonds is 4. The Bertz CT molecular complexity index is 1090. The van der Waals surface area contributed by atoms with Gasteiger partial charge in [-0.15, -0.1) is 11.3 Å². The van der Waals surface area contributed by atoms with Gasteiger partial charge in [-0.3, -0.25) is 20.3 Å². The van der Waals surface area contributed by atoms with Crippen molar-refractivity contribution in [2.45, 2.75) is 5.92 Å². The molecule has 1 fully saturated rings. The topological polar surface area (TPSA) is 110 Å². The molecule has 0 amide bonds. The molecule has 0 unspecified atom stereocenters. The molecule has 27 heavy (non-hydrogen) atoms. The molecule has 0 spiro atoms. The van der Waals surface area contributed by atoms with E-state index < -0.39 is 10.8 Å². The number of thioether (sulfide) groups is 1. The zero-order chi connectivity index (χ0) is 19.0. The van der Waals surface area contributed by atoms with Gasteiger partial charge in [-0.2, -0.15) is 0 Å². The Labute approximate surface area is 161 Å². The standard InChI is InChI=1S/C18H11N3O4S2/c19-17-15(18-20-6-7-26-18)16(22)14(27-17)9-12-4-5-13(25-12)10-2-1-3-11(8-10)21(23)24/h1-9,15,19H/b14-9-,19-17?/t15-/m1/s1. The number of aromatic nitrogens is 1. The molecule has 1 saturated heterocycles. The van der Waals surface area contributed by atoms with Crippen LogP contribution in [-0.4, -0.2) is 20.7 Å². The van der Waals surface area contributed by atoms with Crippen LogP contribution in [0.1, 0.15) is 16.7 Å². The van der Waals surface area contributed by atoms with E-state index in [0.717, 1.165) is 11.8 Å². The van der Waals surface area contributed by atoms with Gasteiger partial charge in [0.05, 0.1) is 14.9 Å². The first-order chi connectivity index (χ1) is 13.0. The highest BCUT2D eigenvalue weighted by Crippen LogP contribution is 2.41. The molecule has 1 aliphatic heterocycles. The van der Waals surface area contributed by atoms with Gasteiger partial charge in [0.15, 0.2) is 5.78 Å². The summed E-state index contributed by atoms with van der Waals surface area (Å²) in [6.45, 7) is 0. The Morgan fingerprint density at radius 3 is 2.89 bits per heavy atom. The van der Waals surface area contributed by atoms with Crippen LogP contribution < -0.4 is 0 Å². The minimum absolute atomic E-state index is 0.0231. The number of benzene rings is 1. The molecule has 0 saturated carbocycles. The van der Waals surface area contributed by atoms with Crippen LogP contribution in [0.5, 0.6) is 0 Å². The normalized spacial score (nSPS) is 18.4. The van der Waals surface area contributed by atoms with Crippen molar-refractivity contribution in [1.82, 2.24) is 4.98 Å². The highest BCUT2D eigenvalue weighted by atomic mass is 32.2. The van der Waals surface area contributed by atoms with Gasteiger partial charge in [0, 0.05) is 29.3 Å². The summed E-state index contributed by atoms with van der Waals surface area (Å²) in [6.07, 6.45) is 3.21. The van der Waals surface area contributed by atoms with Gasteiger partial charge < -0.3 is 4.42 Å². The van der Waals surface area contributed by atoms with E-state index in [9.17, 15) is 14.9 Å². The molecular formula is C18H11N3O4S2. The van der Waals surface area contributed by atoms with Gasteiger partial charge in [-0.05, 0) is 18.2 Å². The maximum absolute atomic E-state index is 12.6. The molecule has 134 valence electrons. The molecule has 0 aliphatic carbocycles. The Balaban J connectivity index is 1.61. The molecule has 2 aromatic heterocycles. The molecule has 7 nitrogen and oxygen atoms in total. The summed E-state index contributed by atoms with van der Waals surface area (Å²) in [5, 5.41) is 21.6. The van der Waals surface area contributed by atoms with Crippen molar-refractivity contribution in [3.8, 4) is 11.3 Å². The lowest BCUT2D eigenvalue weighted by Gasteiger charge is -2.01. The number of carbonyl (C=O) groups is 1. The number of thiazole rings is 1. The van der Waals surface area contributed by atoms with Crippen LogP contribution in [0, 0.1) is 15.5 Å². The second-order valence-corrected chi connectivity index (χ2v) is 7.66. The summed E-state index contributed by atoms with van der Waals surface area (Å²) in [7, 11) is 0. The summed E-state index contributed by atoms with van der Waals surface area (Å²) < 4.78 is 5.73. The van der Waals surface area contributed by atoms with Gasteiger partial charge in [0.2, 0.25) is 0 Å². The van der Waals surface area contributed by atoms with E-state index in [-0.39, 0.29) is 16.5 Å². The second-order valence-electron chi connectivity index (χ2n) is 5.65. The first-order valence-electron chi connectivity index (χ1n) is 7.79. The Morgan fingerprint density at radius 2 is 2.15 bits per heavy atom. The molecular weight excluding hydrogens is 386 g/mol. The predicted octanol–water partition coefficient (Wildman–Crippen LogP) is 4.73. The lowest BCUT2D eigenvalue weighted by molar-refractivity contribution is -0.384. The van der Waals surface area contributed by atoms with Gasteiger partial charge in [0.25, 0.3) is 5.69 Å². The fourth-order valence-corrected chi connectivity index (χ4v) is 4.46. The molecule has 1 N–H and O–H groups in total. The number of hydrogen-bond acceptors (Lipinski definition) is 8.